The Bertz CT molecular complexity index is 910. The first-order chi connectivity index (χ1) is 13.8. The molecule has 3 atom stereocenters. The Kier molecular flexibility index (Phi) is 5.20. The third-order valence-corrected chi connectivity index (χ3v) is 5.88. The van der Waals surface area contributed by atoms with Crippen molar-refractivity contribution in [3.8, 4) is 5.75 Å². The highest BCUT2D eigenvalue weighted by atomic mass is 16.6. The minimum atomic E-state index is -0.690. The lowest BCUT2D eigenvalue weighted by Gasteiger charge is -2.35. The first kappa shape index (κ1) is 19.7. The van der Waals surface area contributed by atoms with Crippen molar-refractivity contribution in [2.75, 3.05) is 0 Å². The number of carbonyl (C=O) groups excluding carboxylic acids is 2. The maximum atomic E-state index is 13.2. The van der Waals surface area contributed by atoms with Crippen LogP contribution in [0, 0.1) is 11.8 Å². The van der Waals surface area contributed by atoms with Crippen LogP contribution in [0.3, 0.4) is 0 Å². The minimum Gasteiger partial charge on any atom is -0.489 e. The average Bonchev–Trinajstić information content (AvgIpc) is 3.15. The second kappa shape index (κ2) is 7.66. The van der Waals surface area contributed by atoms with Crippen LogP contribution in [-0.4, -0.2) is 17.4 Å². The number of fused-ring (bicyclic) bond motifs is 3. The van der Waals surface area contributed by atoms with Gasteiger partial charge >= 0.3 is 5.97 Å². The predicted molar refractivity (Wildman–Crippen MR) is 111 cm³/mol. The van der Waals surface area contributed by atoms with E-state index < -0.39 is 11.5 Å². The van der Waals surface area contributed by atoms with Gasteiger partial charge in [-0.15, -0.1) is 0 Å². The fourth-order valence-corrected chi connectivity index (χ4v) is 4.69. The first-order valence-corrected chi connectivity index (χ1v) is 10.4. The highest BCUT2D eigenvalue weighted by Gasteiger charge is 2.49. The molecule has 2 aromatic carbocycles. The van der Waals surface area contributed by atoms with Crippen molar-refractivity contribution in [1.82, 2.24) is 0 Å². The fourth-order valence-electron chi connectivity index (χ4n) is 4.69. The molecule has 29 heavy (non-hydrogen) atoms. The summed E-state index contributed by atoms with van der Waals surface area (Å²) in [6, 6.07) is 15.7. The maximum absolute atomic E-state index is 13.2. The molecule has 0 bridgehead atoms. The second-order valence-electron chi connectivity index (χ2n) is 9.10. The lowest BCUT2D eigenvalue weighted by molar-refractivity contribution is -0.160. The summed E-state index contributed by atoms with van der Waals surface area (Å²) in [6.45, 7) is 6.01. The van der Waals surface area contributed by atoms with Crippen molar-refractivity contribution in [2.45, 2.75) is 58.2 Å². The number of benzene rings is 2. The quantitative estimate of drug-likeness (QED) is 0.523. The monoisotopic (exact) mass is 392 g/mol. The standard InChI is InChI=1S/C25H28O4/c1-25(2,3)29-24(27)22-19-11-7-10-18(19)21-14-17(12-13-20(21)23(22)26)28-15-16-8-5-4-6-9-16/h4-6,8-9,12-14,18-19,22H,7,10-11,15H2,1-3H3/t18-,19+,22?/m1/s1. The fraction of sp³-hybridized carbons (Fsp3) is 0.440. The zero-order chi connectivity index (χ0) is 20.6. The molecule has 4 nitrogen and oxygen atoms in total. The molecular formula is C25H28O4. The van der Waals surface area contributed by atoms with Crippen LogP contribution >= 0.6 is 0 Å². The van der Waals surface area contributed by atoms with Crippen LogP contribution < -0.4 is 4.74 Å². The zero-order valence-corrected chi connectivity index (χ0v) is 17.3. The Hall–Kier alpha value is -2.62. The van der Waals surface area contributed by atoms with E-state index in [9.17, 15) is 9.59 Å². The molecule has 0 N–H and O–H groups in total. The third kappa shape index (κ3) is 4.07. The zero-order valence-electron chi connectivity index (χ0n) is 17.3. The van der Waals surface area contributed by atoms with Gasteiger partial charge in [0, 0.05) is 5.56 Å². The maximum Gasteiger partial charge on any atom is 0.317 e. The molecule has 4 rings (SSSR count). The van der Waals surface area contributed by atoms with E-state index in [-0.39, 0.29) is 23.6 Å². The van der Waals surface area contributed by atoms with Crippen LogP contribution in [0.15, 0.2) is 48.5 Å². The van der Waals surface area contributed by atoms with Gasteiger partial charge in [0.1, 0.15) is 23.9 Å². The Balaban J connectivity index is 1.59. The molecule has 0 aromatic heterocycles. The number of ether oxygens (including phenoxy) is 2. The van der Waals surface area contributed by atoms with E-state index in [4.69, 9.17) is 9.47 Å². The highest BCUT2D eigenvalue weighted by Crippen LogP contribution is 2.50. The summed E-state index contributed by atoms with van der Waals surface area (Å²) >= 11 is 0. The number of rotatable bonds is 4. The van der Waals surface area contributed by atoms with Crippen molar-refractivity contribution < 1.29 is 19.1 Å². The summed E-state index contributed by atoms with van der Waals surface area (Å²) in [4.78, 5) is 26.1. The largest absolute Gasteiger partial charge is 0.489 e. The number of hydrogen-bond donors (Lipinski definition) is 0. The summed E-state index contributed by atoms with van der Waals surface area (Å²) in [6.07, 6.45) is 2.90. The number of Topliss-reactive ketones (excluding diaryl/α,β-unsaturated/α-hetero) is 1. The van der Waals surface area contributed by atoms with Gasteiger partial charge in [-0.25, -0.2) is 0 Å². The first-order valence-electron chi connectivity index (χ1n) is 10.4. The lowest BCUT2D eigenvalue weighted by Crippen LogP contribution is -2.41. The van der Waals surface area contributed by atoms with Gasteiger partial charge in [-0.3, -0.25) is 9.59 Å². The van der Waals surface area contributed by atoms with E-state index >= 15 is 0 Å². The summed E-state index contributed by atoms with van der Waals surface area (Å²) in [5.41, 5.74) is 2.19. The van der Waals surface area contributed by atoms with Gasteiger partial charge in [-0.1, -0.05) is 36.8 Å². The molecule has 1 saturated carbocycles. The molecule has 0 radical (unpaired) electrons. The van der Waals surface area contributed by atoms with Crippen molar-refractivity contribution in [3.05, 3.63) is 65.2 Å². The molecule has 4 heteroatoms. The van der Waals surface area contributed by atoms with Gasteiger partial charge in [0.05, 0.1) is 0 Å². The van der Waals surface area contributed by atoms with Crippen molar-refractivity contribution in [3.63, 3.8) is 0 Å². The van der Waals surface area contributed by atoms with Crippen LogP contribution in [0.4, 0.5) is 0 Å². The molecule has 0 heterocycles. The molecule has 2 aliphatic rings. The Morgan fingerprint density at radius 3 is 2.55 bits per heavy atom. The van der Waals surface area contributed by atoms with Gasteiger partial charge in [-0.05, 0) is 74.8 Å². The Morgan fingerprint density at radius 1 is 1.07 bits per heavy atom. The summed E-state index contributed by atoms with van der Waals surface area (Å²) in [5, 5.41) is 0. The van der Waals surface area contributed by atoms with Gasteiger partial charge in [0.2, 0.25) is 0 Å². The molecule has 2 aliphatic carbocycles. The molecule has 152 valence electrons. The molecule has 1 fully saturated rings. The topological polar surface area (TPSA) is 52.6 Å². The van der Waals surface area contributed by atoms with Crippen molar-refractivity contribution >= 4 is 11.8 Å². The average molecular weight is 392 g/mol. The number of esters is 1. The summed E-state index contributed by atoms with van der Waals surface area (Å²) in [7, 11) is 0. The number of hydrogen-bond acceptors (Lipinski definition) is 4. The molecule has 0 saturated heterocycles. The highest BCUT2D eigenvalue weighted by molar-refractivity contribution is 6.11. The molecule has 2 aromatic rings. The predicted octanol–water partition coefficient (Wildman–Crippen LogP) is 5.30. The van der Waals surface area contributed by atoms with E-state index in [1.165, 1.54) is 0 Å². The number of carbonyl (C=O) groups is 2. The van der Waals surface area contributed by atoms with Crippen molar-refractivity contribution in [1.29, 1.82) is 0 Å². The van der Waals surface area contributed by atoms with Crippen LogP contribution in [0.25, 0.3) is 0 Å². The van der Waals surface area contributed by atoms with Crippen LogP contribution in [0.5, 0.6) is 5.75 Å². The van der Waals surface area contributed by atoms with Crippen molar-refractivity contribution in [2.24, 2.45) is 11.8 Å². The Morgan fingerprint density at radius 2 is 1.83 bits per heavy atom. The molecule has 0 spiro atoms. The van der Waals surface area contributed by atoms with Crippen LogP contribution in [0.2, 0.25) is 0 Å². The van der Waals surface area contributed by atoms with Gasteiger partial charge in [-0.2, -0.15) is 0 Å². The molecule has 1 unspecified atom stereocenters. The summed E-state index contributed by atoms with van der Waals surface area (Å²) < 4.78 is 11.6. The molecular weight excluding hydrogens is 364 g/mol. The van der Waals surface area contributed by atoms with Crippen LogP contribution in [0.1, 0.15) is 67.4 Å². The van der Waals surface area contributed by atoms with Gasteiger partial charge < -0.3 is 9.47 Å². The number of ketones is 1. The van der Waals surface area contributed by atoms with E-state index in [1.54, 1.807) is 0 Å². The van der Waals surface area contributed by atoms with Gasteiger partial charge in [0.15, 0.2) is 5.78 Å². The molecule has 0 aliphatic heterocycles. The molecule has 0 amide bonds. The van der Waals surface area contributed by atoms with E-state index in [1.807, 2.05) is 69.3 Å². The minimum absolute atomic E-state index is 0.0224. The third-order valence-electron chi connectivity index (χ3n) is 5.88. The summed E-state index contributed by atoms with van der Waals surface area (Å²) in [5.74, 6) is -0.178. The van der Waals surface area contributed by atoms with Crippen LogP contribution in [-0.2, 0) is 16.1 Å². The van der Waals surface area contributed by atoms with E-state index in [0.717, 1.165) is 36.1 Å². The van der Waals surface area contributed by atoms with E-state index in [0.29, 0.717) is 12.2 Å². The normalized spacial score (nSPS) is 23.3. The Labute approximate surface area is 172 Å². The lowest BCUT2D eigenvalue weighted by atomic mass is 9.69. The second-order valence-corrected chi connectivity index (χ2v) is 9.10. The smallest absolute Gasteiger partial charge is 0.317 e. The SMILES string of the molecule is CC(C)(C)OC(=O)C1C(=O)c2ccc(OCc3ccccc3)cc2[C@@H]2CCC[C@H]12. The van der Waals surface area contributed by atoms with E-state index in [2.05, 4.69) is 0 Å². The van der Waals surface area contributed by atoms with Gasteiger partial charge in [0.25, 0.3) is 0 Å².